The predicted molar refractivity (Wildman–Crippen MR) is 188 cm³/mol. The molecule has 0 bridgehead atoms. The standard InChI is InChI=1S/C38H80N.2ClH/c1-5-7-9-11-13-15-17-19-21-23-25-27-29-31-33-35-37-39(3,4)38-36-34-32-30-28-26-24-22-20-18-16-14-12-10-8-6-2;;/h5-38H2,1-4H3;2*1H/q+1;;/p-1. The van der Waals surface area contributed by atoms with E-state index in [4.69, 9.17) is 0 Å². The molecule has 0 spiro atoms. The highest BCUT2D eigenvalue weighted by atomic mass is 35.5. The Morgan fingerprint density at radius 1 is 0.268 bits per heavy atom. The number of unbranched alkanes of at least 4 members (excludes halogenated alkanes) is 30. The summed E-state index contributed by atoms with van der Waals surface area (Å²) >= 11 is 0. The lowest BCUT2D eigenvalue weighted by atomic mass is 10.0. The summed E-state index contributed by atoms with van der Waals surface area (Å²) in [7, 11) is 4.94. The van der Waals surface area contributed by atoms with Crippen LogP contribution >= 0.6 is 12.4 Å². The van der Waals surface area contributed by atoms with Gasteiger partial charge in [-0.1, -0.05) is 194 Å². The minimum atomic E-state index is 0. The summed E-state index contributed by atoms with van der Waals surface area (Å²) in [5.74, 6) is 0. The zero-order chi connectivity index (χ0) is 28.5. The van der Waals surface area contributed by atoms with Crippen LogP contribution in [0.25, 0.3) is 0 Å². The molecule has 3 heteroatoms. The zero-order valence-corrected chi connectivity index (χ0v) is 30.8. The molecular formula is C38H81Cl2N. The van der Waals surface area contributed by atoms with Crippen molar-refractivity contribution in [2.24, 2.45) is 0 Å². The van der Waals surface area contributed by atoms with Crippen molar-refractivity contribution in [3.05, 3.63) is 0 Å². The summed E-state index contributed by atoms with van der Waals surface area (Å²) < 4.78 is 1.25. The van der Waals surface area contributed by atoms with Crippen LogP contribution in [0.5, 0.6) is 0 Å². The fourth-order valence-electron chi connectivity index (χ4n) is 6.29. The number of nitrogens with zero attached hydrogens (tertiary/aromatic N) is 1. The van der Waals surface area contributed by atoms with Gasteiger partial charge in [0.05, 0.1) is 27.2 Å². The van der Waals surface area contributed by atoms with Crippen molar-refractivity contribution < 1.29 is 16.9 Å². The third kappa shape index (κ3) is 40.5. The monoisotopic (exact) mass is 622 g/mol. The van der Waals surface area contributed by atoms with Crippen LogP contribution in [-0.4, -0.2) is 31.7 Å². The second-order valence-electron chi connectivity index (χ2n) is 14.0. The molecule has 41 heavy (non-hydrogen) atoms. The molecule has 0 unspecified atom stereocenters. The van der Waals surface area contributed by atoms with Crippen molar-refractivity contribution in [2.45, 2.75) is 219 Å². The summed E-state index contributed by atoms with van der Waals surface area (Å²) in [4.78, 5) is 0. The first kappa shape index (κ1) is 46.0. The van der Waals surface area contributed by atoms with Crippen molar-refractivity contribution in [1.82, 2.24) is 0 Å². The van der Waals surface area contributed by atoms with Crippen LogP contribution in [0.1, 0.15) is 219 Å². The van der Waals surface area contributed by atoms with Gasteiger partial charge in [0.15, 0.2) is 0 Å². The van der Waals surface area contributed by atoms with E-state index in [0.717, 1.165) is 0 Å². The Bertz CT molecular complexity index is 402. The third-order valence-corrected chi connectivity index (χ3v) is 9.23. The molecule has 1 nitrogen and oxygen atoms in total. The quantitative estimate of drug-likeness (QED) is 0.0495. The zero-order valence-electron chi connectivity index (χ0n) is 29.3. The Balaban J connectivity index is -0.00000722. The lowest BCUT2D eigenvalue weighted by Crippen LogP contribution is -3.00. The van der Waals surface area contributed by atoms with Crippen LogP contribution in [0, 0.1) is 0 Å². The van der Waals surface area contributed by atoms with E-state index in [1.54, 1.807) is 0 Å². The van der Waals surface area contributed by atoms with Gasteiger partial charge in [-0.25, -0.2) is 0 Å². The van der Waals surface area contributed by atoms with Crippen LogP contribution in [-0.2, 0) is 0 Å². The van der Waals surface area contributed by atoms with Crippen molar-refractivity contribution >= 4 is 12.4 Å². The Morgan fingerprint density at radius 2 is 0.415 bits per heavy atom. The number of rotatable bonds is 34. The Hall–Kier alpha value is 0.540. The molecule has 252 valence electrons. The van der Waals surface area contributed by atoms with Gasteiger partial charge < -0.3 is 16.9 Å². The maximum absolute atomic E-state index is 2.47. The molecule has 0 rings (SSSR count). The van der Waals surface area contributed by atoms with Crippen LogP contribution in [0.15, 0.2) is 0 Å². The number of halogens is 2. The summed E-state index contributed by atoms with van der Waals surface area (Å²) in [6.07, 6.45) is 46.9. The summed E-state index contributed by atoms with van der Waals surface area (Å²) in [5, 5.41) is 0. The molecule has 0 aromatic carbocycles. The Morgan fingerprint density at radius 3 is 0.585 bits per heavy atom. The van der Waals surface area contributed by atoms with E-state index in [0.29, 0.717) is 0 Å². The molecule has 0 heterocycles. The highest BCUT2D eigenvalue weighted by Crippen LogP contribution is 2.16. The average molecular weight is 623 g/mol. The van der Waals surface area contributed by atoms with Crippen molar-refractivity contribution in [3.8, 4) is 0 Å². The van der Waals surface area contributed by atoms with E-state index in [1.165, 1.54) is 223 Å². The van der Waals surface area contributed by atoms with Gasteiger partial charge >= 0.3 is 0 Å². The molecule has 0 radical (unpaired) electrons. The molecule has 0 saturated heterocycles. The second kappa shape index (κ2) is 38.6. The SMILES string of the molecule is CCCCCCCCCCCCCCCCCC[N+](C)(C)CCCCCCCCCCCCCCCCCC.Cl.[Cl-]. The Labute approximate surface area is 275 Å². The lowest BCUT2D eigenvalue weighted by Gasteiger charge is -2.30. The van der Waals surface area contributed by atoms with Crippen molar-refractivity contribution in [2.75, 3.05) is 27.2 Å². The van der Waals surface area contributed by atoms with E-state index in [2.05, 4.69) is 27.9 Å². The van der Waals surface area contributed by atoms with Gasteiger partial charge in [0, 0.05) is 0 Å². The van der Waals surface area contributed by atoms with Gasteiger partial charge in [0.25, 0.3) is 0 Å². The molecule has 0 aliphatic carbocycles. The number of hydrogen-bond donors (Lipinski definition) is 0. The first-order chi connectivity index (χ1) is 19.1. The third-order valence-electron chi connectivity index (χ3n) is 9.23. The molecule has 0 fully saturated rings. The highest BCUT2D eigenvalue weighted by molar-refractivity contribution is 5.85. The highest BCUT2D eigenvalue weighted by Gasteiger charge is 2.13. The second-order valence-corrected chi connectivity index (χ2v) is 14.0. The first-order valence-corrected chi connectivity index (χ1v) is 18.9. The van der Waals surface area contributed by atoms with Gasteiger partial charge in [-0.3, -0.25) is 0 Å². The van der Waals surface area contributed by atoms with Gasteiger partial charge in [0.2, 0.25) is 0 Å². The normalized spacial score (nSPS) is 11.4. The fourth-order valence-corrected chi connectivity index (χ4v) is 6.29. The fraction of sp³-hybridized carbons (Fsp3) is 1.00. The lowest BCUT2D eigenvalue weighted by molar-refractivity contribution is -0.890. The molecular weight excluding hydrogens is 541 g/mol. The van der Waals surface area contributed by atoms with Crippen LogP contribution < -0.4 is 12.4 Å². The molecule has 0 N–H and O–H groups in total. The topological polar surface area (TPSA) is 0 Å². The average Bonchev–Trinajstić information content (AvgIpc) is 2.92. The molecule has 0 aliphatic rings. The predicted octanol–water partition coefficient (Wildman–Crippen LogP) is 11.0. The summed E-state index contributed by atoms with van der Waals surface area (Å²) in [5.41, 5.74) is 0. The van der Waals surface area contributed by atoms with E-state index in [9.17, 15) is 0 Å². The number of hydrogen-bond acceptors (Lipinski definition) is 0. The molecule has 0 atom stereocenters. The van der Waals surface area contributed by atoms with Gasteiger partial charge in [0.1, 0.15) is 0 Å². The molecule has 0 aromatic heterocycles. The Kier molecular flexibility index (Phi) is 43.2. The minimum absolute atomic E-state index is 0. The van der Waals surface area contributed by atoms with E-state index in [-0.39, 0.29) is 24.8 Å². The molecule has 0 aliphatic heterocycles. The van der Waals surface area contributed by atoms with Gasteiger partial charge in [-0.15, -0.1) is 12.4 Å². The maximum Gasteiger partial charge on any atom is 0.0782 e. The maximum atomic E-state index is 2.47. The van der Waals surface area contributed by atoms with Crippen molar-refractivity contribution in [1.29, 1.82) is 0 Å². The van der Waals surface area contributed by atoms with Crippen LogP contribution in [0.4, 0.5) is 0 Å². The molecule has 0 amide bonds. The first-order valence-electron chi connectivity index (χ1n) is 18.9. The largest absolute Gasteiger partial charge is 1.00 e. The summed E-state index contributed by atoms with van der Waals surface area (Å²) in [6, 6.07) is 0. The van der Waals surface area contributed by atoms with Crippen LogP contribution in [0.2, 0.25) is 0 Å². The van der Waals surface area contributed by atoms with E-state index in [1.807, 2.05) is 0 Å². The van der Waals surface area contributed by atoms with Gasteiger partial charge in [-0.05, 0) is 25.7 Å². The minimum Gasteiger partial charge on any atom is -1.00 e. The van der Waals surface area contributed by atoms with Gasteiger partial charge in [-0.2, -0.15) is 0 Å². The van der Waals surface area contributed by atoms with Crippen molar-refractivity contribution in [3.63, 3.8) is 0 Å². The van der Waals surface area contributed by atoms with E-state index >= 15 is 0 Å². The van der Waals surface area contributed by atoms with Crippen LogP contribution in [0.3, 0.4) is 0 Å². The van der Waals surface area contributed by atoms with E-state index < -0.39 is 0 Å². The smallest absolute Gasteiger partial charge is 0.0782 e. The summed E-state index contributed by atoms with van der Waals surface area (Å²) in [6.45, 7) is 7.39. The number of quaternary nitrogens is 1. The molecule has 0 aromatic rings. The molecule has 0 saturated carbocycles.